The van der Waals surface area contributed by atoms with Gasteiger partial charge in [0.15, 0.2) is 15.0 Å². The van der Waals surface area contributed by atoms with E-state index in [-0.39, 0.29) is 10.9 Å². The zero-order chi connectivity index (χ0) is 15.3. The van der Waals surface area contributed by atoms with Crippen LogP contribution in [0.3, 0.4) is 0 Å². The van der Waals surface area contributed by atoms with E-state index in [0.717, 1.165) is 17.3 Å². The summed E-state index contributed by atoms with van der Waals surface area (Å²) in [6, 6.07) is 17.9. The standard InChI is InChI=1S/C16H16O3S2/c1-13(17)20-16(15-10-6-3-7-11-15)21(18,19)12-14-8-4-2-5-9-14/h2-11,16H,12H2,1H3. The third kappa shape index (κ3) is 4.44. The van der Waals surface area contributed by atoms with E-state index in [0.29, 0.717) is 5.56 Å². The zero-order valence-corrected chi connectivity index (χ0v) is 13.2. The number of carbonyl (C=O) groups is 1. The van der Waals surface area contributed by atoms with E-state index in [1.54, 1.807) is 48.5 Å². The molecule has 0 aliphatic heterocycles. The van der Waals surface area contributed by atoms with Crippen molar-refractivity contribution >= 4 is 26.7 Å². The summed E-state index contributed by atoms with van der Waals surface area (Å²) in [5.41, 5.74) is 1.36. The molecule has 2 aromatic rings. The van der Waals surface area contributed by atoms with E-state index >= 15 is 0 Å². The van der Waals surface area contributed by atoms with Gasteiger partial charge in [0.05, 0.1) is 5.75 Å². The Kier molecular flexibility index (Phi) is 5.20. The summed E-state index contributed by atoms with van der Waals surface area (Å²) in [6.07, 6.45) is 0. The number of sulfone groups is 1. The van der Waals surface area contributed by atoms with Crippen molar-refractivity contribution in [3.05, 3.63) is 71.8 Å². The normalized spacial score (nSPS) is 12.8. The molecule has 1 atom stereocenters. The average Bonchev–Trinajstić information content (AvgIpc) is 2.46. The van der Waals surface area contributed by atoms with E-state index in [1.807, 2.05) is 12.1 Å². The third-order valence-corrected chi connectivity index (χ3v) is 6.53. The Morgan fingerprint density at radius 2 is 1.52 bits per heavy atom. The van der Waals surface area contributed by atoms with Crippen molar-refractivity contribution in [2.45, 2.75) is 17.3 Å². The fraction of sp³-hybridized carbons (Fsp3) is 0.188. The molecule has 110 valence electrons. The van der Waals surface area contributed by atoms with Gasteiger partial charge in [-0.15, -0.1) is 0 Å². The second kappa shape index (κ2) is 6.91. The van der Waals surface area contributed by atoms with Crippen LogP contribution in [-0.4, -0.2) is 13.5 Å². The van der Waals surface area contributed by atoms with Gasteiger partial charge in [0.25, 0.3) is 0 Å². The maximum absolute atomic E-state index is 12.7. The fourth-order valence-corrected chi connectivity index (χ4v) is 5.16. The minimum absolute atomic E-state index is 0.0757. The van der Waals surface area contributed by atoms with Crippen LogP contribution < -0.4 is 0 Å². The number of thioether (sulfide) groups is 1. The molecule has 0 fully saturated rings. The second-order valence-corrected chi connectivity index (χ2v) is 8.31. The summed E-state index contributed by atoms with van der Waals surface area (Å²) >= 11 is 0.852. The van der Waals surface area contributed by atoms with Crippen LogP contribution in [0.5, 0.6) is 0 Å². The largest absolute Gasteiger partial charge is 0.287 e. The molecular weight excluding hydrogens is 304 g/mol. The first-order valence-corrected chi connectivity index (χ1v) is 9.06. The SMILES string of the molecule is CC(=O)SC(c1ccccc1)S(=O)(=O)Cc1ccccc1. The van der Waals surface area contributed by atoms with Gasteiger partial charge in [-0.25, -0.2) is 8.42 Å². The van der Waals surface area contributed by atoms with Gasteiger partial charge < -0.3 is 0 Å². The van der Waals surface area contributed by atoms with Gasteiger partial charge in [0.1, 0.15) is 4.58 Å². The quantitative estimate of drug-likeness (QED) is 0.845. The van der Waals surface area contributed by atoms with Crippen molar-refractivity contribution in [3.63, 3.8) is 0 Å². The van der Waals surface area contributed by atoms with E-state index in [4.69, 9.17) is 0 Å². The molecule has 0 saturated carbocycles. The van der Waals surface area contributed by atoms with Crippen LogP contribution in [0, 0.1) is 0 Å². The maximum Gasteiger partial charge on any atom is 0.187 e. The van der Waals surface area contributed by atoms with Crippen LogP contribution in [0.1, 0.15) is 22.6 Å². The predicted molar refractivity (Wildman–Crippen MR) is 86.5 cm³/mol. The molecule has 21 heavy (non-hydrogen) atoms. The fourth-order valence-electron chi connectivity index (χ4n) is 1.99. The first-order valence-electron chi connectivity index (χ1n) is 6.47. The van der Waals surface area contributed by atoms with Crippen LogP contribution in [0.4, 0.5) is 0 Å². The van der Waals surface area contributed by atoms with Gasteiger partial charge in [-0.05, 0) is 11.1 Å². The molecule has 0 aliphatic carbocycles. The summed E-state index contributed by atoms with van der Waals surface area (Å²) in [6.45, 7) is 1.39. The first kappa shape index (κ1) is 15.8. The van der Waals surface area contributed by atoms with Crippen molar-refractivity contribution in [2.24, 2.45) is 0 Å². The number of hydrogen-bond donors (Lipinski definition) is 0. The summed E-state index contributed by atoms with van der Waals surface area (Å²) in [5, 5.41) is -0.208. The first-order chi connectivity index (χ1) is 9.99. The Morgan fingerprint density at radius 3 is 2.05 bits per heavy atom. The van der Waals surface area contributed by atoms with Crippen molar-refractivity contribution in [1.29, 1.82) is 0 Å². The molecule has 2 rings (SSSR count). The van der Waals surface area contributed by atoms with Gasteiger partial charge in [-0.3, -0.25) is 4.79 Å². The Bertz CT molecular complexity index is 695. The number of carbonyl (C=O) groups excluding carboxylic acids is 1. The van der Waals surface area contributed by atoms with Crippen molar-refractivity contribution in [1.82, 2.24) is 0 Å². The average molecular weight is 320 g/mol. The summed E-state index contributed by atoms with van der Waals surface area (Å²) in [5.74, 6) is -0.0757. The van der Waals surface area contributed by atoms with E-state index < -0.39 is 14.4 Å². The van der Waals surface area contributed by atoms with Crippen LogP contribution in [0.15, 0.2) is 60.7 Å². The van der Waals surface area contributed by atoms with E-state index in [2.05, 4.69) is 0 Å². The molecule has 5 heteroatoms. The Morgan fingerprint density at radius 1 is 1.00 bits per heavy atom. The number of benzene rings is 2. The van der Waals surface area contributed by atoms with Gasteiger partial charge in [-0.2, -0.15) is 0 Å². The lowest BCUT2D eigenvalue weighted by Gasteiger charge is -2.16. The smallest absolute Gasteiger partial charge is 0.187 e. The van der Waals surface area contributed by atoms with Gasteiger partial charge in [0, 0.05) is 6.92 Å². The highest BCUT2D eigenvalue weighted by molar-refractivity contribution is 8.21. The van der Waals surface area contributed by atoms with Crippen LogP contribution >= 0.6 is 11.8 Å². The molecule has 0 N–H and O–H groups in total. The molecule has 0 spiro atoms. The minimum atomic E-state index is -3.48. The summed E-state index contributed by atoms with van der Waals surface area (Å²) < 4.78 is 24.5. The summed E-state index contributed by atoms with van der Waals surface area (Å²) in [7, 11) is -3.48. The van der Waals surface area contributed by atoms with Crippen LogP contribution in [0.25, 0.3) is 0 Å². The Hall–Kier alpha value is -1.59. The molecule has 0 heterocycles. The molecule has 0 amide bonds. The minimum Gasteiger partial charge on any atom is -0.287 e. The molecular formula is C16H16O3S2. The molecule has 0 bridgehead atoms. The van der Waals surface area contributed by atoms with Gasteiger partial charge >= 0.3 is 0 Å². The lowest BCUT2D eigenvalue weighted by molar-refractivity contribution is -0.109. The van der Waals surface area contributed by atoms with E-state index in [9.17, 15) is 13.2 Å². The van der Waals surface area contributed by atoms with Gasteiger partial charge in [0.2, 0.25) is 0 Å². The molecule has 0 saturated heterocycles. The monoisotopic (exact) mass is 320 g/mol. The van der Waals surface area contributed by atoms with Gasteiger partial charge in [-0.1, -0.05) is 72.4 Å². The molecule has 3 nitrogen and oxygen atoms in total. The van der Waals surface area contributed by atoms with Crippen LogP contribution in [0.2, 0.25) is 0 Å². The van der Waals surface area contributed by atoms with Crippen molar-refractivity contribution < 1.29 is 13.2 Å². The lowest BCUT2D eigenvalue weighted by atomic mass is 10.2. The molecule has 0 aliphatic rings. The maximum atomic E-state index is 12.7. The highest BCUT2D eigenvalue weighted by Gasteiger charge is 2.29. The van der Waals surface area contributed by atoms with E-state index in [1.165, 1.54) is 6.92 Å². The number of rotatable bonds is 5. The third-order valence-electron chi connectivity index (χ3n) is 2.88. The highest BCUT2D eigenvalue weighted by Crippen LogP contribution is 2.36. The topological polar surface area (TPSA) is 51.2 Å². The van der Waals surface area contributed by atoms with Crippen molar-refractivity contribution in [2.75, 3.05) is 0 Å². The molecule has 0 aromatic heterocycles. The number of hydrogen-bond acceptors (Lipinski definition) is 4. The highest BCUT2D eigenvalue weighted by atomic mass is 32.3. The lowest BCUT2D eigenvalue weighted by Crippen LogP contribution is -2.14. The molecule has 2 aromatic carbocycles. The van der Waals surface area contributed by atoms with Crippen molar-refractivity contribution in [3.8, 4) is 0 Å². The molecule has 0 radical (unpaired) electrons. The molecule has 1 unspecified atom stereocenters. The summed E-state index contributed by atoms with van der Waals surface area (Å²) in [4.78, 5) is 11.4. The van der Waals surface area contributed by atoms with Crippen LogP contribution in [-0.2, 0) is 20.4 Å². The second-order valence-electron chi connectivity index (χ2n) is 4.64. The zero-order valence-electron chi connectivity index (χ0n) is 11.6. The Balaban J connectivity index is 2.33. The Labute approximate surface area is 129 Å². The predicted octanol–water partition coefficient (Wildman–Crippen LogP) is 3.58.